The van der Waals surface area contributed by atoms with Crippen LogP contribution >= 0.6 is 0 Å². The van der Waals surface area contributed by atoms with E-state index in [0.29, 0.717) is 13.3 Å². The lowest BCUT2D eigenvalue weighted by atomic mass is 10.6. The summed E-state index contributed by atoms with van der Waals surface area (Å²) in [6, 6.07) is -0.0200. The third kappa shape index (κ3) is 1.60. The van der Waals surface area contributed by atoms with Gasteiger partial charge >= 0.3 is 6.03 Å². The third-order valence-electron chi connectivity index (χ3n) is 1.40. The molecule has 4 heteroatoms. The second-order valence-corrected chi connectivity index (χ2v) is 2.12. The normalized spacial score (nSPS) is 17.7. The fourth-order valence-electron chi connectivity index (χ4n) is 0.836. The van der Waals surface area contributed by atoms with E-state index < -0.39 is 0 Å². The molecule has 10 heavy (non-hydrogen) atoms. The number of nitrogens with one attached hydrogen (secondary N) is 1. The molecule has 0 aromatic heterocycles. The van der Waals surface area contributed by atoms with Gasteiger partial charge in [0.05, 0.1) is 0 Å². The third-order valence-corrected chi connectivity index (χ3v) is 1.40. The Kier molecular flexibility index (Phi) is 2.50. The lowest BCUT2D eigenvalue weighted by molar-refractivity contribution is 0.0661. The lowest BCUT2D eigenvalue weighted by Crippen LogP contribution is -2.30. The van der Waals surface area contributed by atoms with Gasteiger partial charge in [-0.2, -0.15) is 0 Å². The lowest BCUT2D eigenvalue weighted by Gasteiger charge is -2.12. The summed E-state index contributed by atoms with van der Waals surface area (Å²) in [6.07, 6.45) is 0. The number of hydrogen-bond acceptors (Lipinski definition) is 2. The van der Waals surface area contributed by atoms with Gasteiger partial charge in [-0.1, -0.05) is 0 Å². The smallest absolute Gasteiger partial charge is 0.319 e. The van der Waals surface area contributed by atoms with Crippen LogP contribution in [0.3, 0.4) is 0 Å². The molecule has 0 aromatic carbocycles. The summed E-state index contributed by atoms with van der Waals surface area (Å²) >= 11 is 0. The minimum Gasteiger partial charge on any atom is -0.361 e. The molecule has 4 nitrogen and oxygen atoms in total. The Hall–Kier alpha value is -0.770. The molecule has 1 heterocycles. The Morgan fingerprint density at radius 3 is 3.10 bits per heavy atom. The number of amides is 2. The summed E-state index contributed by atoms with van der Waals surface area (Å²) in [5, 5.41) is 2.69. The molecule has 1 aliphatic rings. The highest BCUT2D eigenvalue weighted by Crippen LogP contribution is 1.95. The van der Waals surface area contributed by atoms with Crippen LogP contribution in [0.5, 0.6) is 0 Å². The van der Waals surface area contributed by atoms with Gasteiger partial charge in [0.25, 0.3) is 0 Å². The zero-order valence-corrected chi connectivity index (χ0v) is 6.09. The van der Waals surface area contributed by atoms with Crippen molar-refractivity contribution >= 4 is 6.03 Å². The molecule has 0 atom stereocenters. The van der Waals surface area contributed by atoms with Gasteiger partial charge in [-0.3, -0.25) is 4.90 Å². The molecule has 0 aromatic rings. The van der Waals surface area contributed by atoms with Crippen molar-refractivity contribution < 1.29 is 9.53 Å². The highest BCUT2D eigenvalue weighted by molar-refractivity contribution is 5.75. The van der Waals surface area contributed by atoms with Crippen molar-refractivity contribution in [2.75, 3.05) is 26.4 Å². The van der Waals surface area contributed by atoms with Crippen LogP contribution in [0.25, 0.3) is 0 Å². The molecule has 58 valence electrons. The maximum atomic E-state index is 10.8. The van der Waals surface area contributed by atoms with Gasteiger partial charge in [0.15, 0.2) is 0 Å². The SMILES string of the molecule is CCOCN1CCNC1=O. The summed E-state index contributed by atoms with van der Waals surface area (Å²) in [4.78, 5) is 12.5. The second-order valence-electron chi connectivity index (χ2n) is 2.12. The van der Waals surface area contributed by atoms with Crippen LogP contribution < -0.4 is 5.32 Å². The van der Waals surface area contributed by atoms with E-state index >= 15 is 0 Å². The van der Waals surface area contributed by atoms with Gasteiger partial charge in [-0.15, -0.1) is 0 Å². The first kappa shape index (κ1) is 7.34. The number of hydrogen-bond donors (Lipinski definition) is 1. The summed E-state index contributed by atoms with van der Waals surface area (Å²) in [7, 11) is 0. The molecule has 0 radical (unpaired) electrons. The molecular formula is C6H12N2O2. The summed E-state index contributed by atoms with van der Waals surface area (Å²) in [5.74, 6) is 0. The van der Waals surface area contributed by atoms with E-state index in [1.165, 1.54) is 0 Å². The van der Waals surface area contributed by atoms with E-state index in [2.05, 4.69) is 5.32 Å². The number of urea groups is 1. The highest BCUT2D eigenvalue weighted by atomic mass is 16.5. The van der Waals surface area contributed by atoms with Crippen molar-refractivity contribution in [1.82, 2.24) is 10.2 Å². The molecule has 0 aliphatic carbocycles. The van der Waals surface area contributed by atoms with Crippen LogP contribution in [0.1, 0.15) is 6.92 Å². The van der Waals surface area contributed by atoms with E-state index in [1.807, 2.05) is 6.92 Å². The van der Waals surface area contributed by atoms with Gasteiger partial charge in [-0.05, 0) is 6.92 Å². The van der Waals surface area contributed by atoms with Gasteiger partial charge in [-0.25, -0.2) is 4.79 Å². The Balaban J connectivity index is 2.20. The van der Waals surface area contributed by atoms with Crippen LogP contribution in [-0.4, -0.2) is 37.4 Å². The van der Waals surface area contributed by atoms with Crippen molar-refractivity contribution in [3.8, 4) is 0 Å². The maximum Gasteiger partial charge on any atom is 0.319 e. The van der Waals surface area contributed by atoms with Crippen LogP contribution in [0.2, 0.25) is 0 Å². The van der Waals surface area contributed by atoms with E-state index in [9.17, 15) is 4.79 Å². The van der Waals surface area contributed by atoms with E-state index in [1.54, 1.807) is 4.90 Å². The number of ether oxygens (including phenoxy) is 1. The van der Waals surface area contributed by atoms with E-state index in [0.717, 1.165) is 13.1 Å². The number of carbonyl (C=O) groups is 1. The van der Waals surface area contributed by atoms with Crippen molar-refractivity contribution in [1.29, 1.82) is 0 Å². The summed E-state index contributed by atoms with van der Waals surface area (Å²) in [6.45, 7) is 4.49. The first-order chi connectivity index (χ1) is 4.84. The molecule has 1 rings (SSSR count). The van der Waals surface area contributed by atoms with Gasteiger partial charge in [0, 0.05) is 19.7 Å². The van der Waals surface area contributed by atoms with E-state index in [4.69, 9.17) is 4.74 Å². The zero-order valence-electron chi connectivity index (χ0n) is 6.09. The van der Waals surface area contributed by atoms with Crippen LogP contribution in [0, 0.1) is 0 Å². The van der Waals surface area contributed by atoms with Crippen LogP contribution in [-0.2, 0) is 4.74 Å². The Morgan fingerprint density at radius 1 is 1.80 bits per heavy atom. The molecule has 1 aliphatic heterocycles. The first-order valence-electron chi connectivity index (χ1n) is 3.45. The van der Waals surface area contributed by atoms with Crippen molar-refractivity contribution in [3.05, 3.63) is 0 Å². The zero-order chi connectivity index (χ0) is 7.40. The standard InChI is InChI=1S/C6H12N2O2/c1-2-10-5-8-4-3-7-6(8)9/h2-5H2,1H3,(H,7,9). The van der Waals surface area contributed by atoms with Crippen molar-refractivity contribution in [3.63, 3.8) is 0 Å². The maximum absolute atomic E-state index is 10.8. The van der Waals surface area contributed by atoms with Crippen LogP contribution in [0.4, 0.5) is 4.79 Å². The first-order valence-corrected chi connectivity index (χ1v) is 3.45. The minimum absolute atomic E-state index is 0.0200. The average molecular weight is 144 g/mol. The second kappa shape index (κ2) is 3.41. The average Bonchev–Trinajstić information content (AvgIpc) is 2.31. The molecule has 1 fully saturated rings. The predicted octanol–water partition coefficient (Wildman–Crippen LogP) is 0.00560. The molecule has 0 bridgehead atoms. The Bertz CT molecular complexity index is 127. The number of nitrogens with zero attached hydrogens (tertiary/aromatic N) is 1. The predicted molar refractivity (Wildman–Crippen MR) is 36.6 cm³/mol. The molecule has 2 amide bonds. The molecule has 1 saturated heterocycles. The highest BCUT2D eigenvalue weighted by Gasteiger charge is 2.18. The fraction of sp³-hybridized carbons (Fsp3) is 0.833. The molecular weight excluding hydrogens is 132 g/mol. The monoisotopic (exact) mass is 144 g/mol. The van der Waals surface area contributed by atoms with E-state index in [-0.39, 0.29) is 6.03 Å². The largest absolute Gasteiger partial charge is 0.361 e. The fourth-order valence-corrected chi connectivity index (χ4v) is 0.836. The van der Waals surface area contributed by atoms with Gasteiger partial charge < -0.3 is 10.1 Å². The number of carbonyl (C=O) groups excluding carboxylic acids is 1. The van der Waals surface area contributed by atoms with Crippen molar-refractivity contribution in [2.45, 2.75) is 6.92 Å². The molecule has 1 N–H and O–H groups in total. The molecule has 0 unspecified atom stereocenters. The van der Waals surface area contributed by atoms with Crippen LogP contribution in [0.15, 0.2) is 0 Å². The molecule has 0 saturated carbocycles. The summed E-state index contributed by atoms with van der Waals surface area (Å²) < 4.78 is 5.05. The Morgan fingerprint density at radius 2 is 2.60 bits per heavy atom. The number of rotatable bonds is 3. The summed E-state index contributed by atoms with van der Waals surface area (Å²) in [5.41, 5.74) is 0. The molecule has 0 spiro atoms. The quantitative estimate of drug-likeness (QED) is 0.606. The van der Waals surface area contributed by atoms with Gasteiger partial charge in [0.1, 0.15) is 6.73 Å². The van der Waals surface area contributed by atoms with Gasteiger partial charge in [0.2, 0.25) is 0 Å². The minimum atomic E-state index is -0.0200. The Labute approximate surface area is 60.1 Å². The topological polar surface area (TPSA) is 41.6 Å². The van der Waals surface area contributed by atoms with Crippen molar-refractivity contribution in [2.24, 2.45) is 0 Å².